The lowest BCUT2D eigenvalue weighted by atomic mass is 10.4. The van der Waals surface area contributed by atoms with Gasteiger partial charge in [-0.1, -0.05) is 12.2 Å². The molecule has 0 radical (unpaired) electrons. The van der Waals surface area contributed by atoms with Gasteiger partial charge in [0, 0.05) is 12.6 Å². The van der Waals surface area contributed by atoms with Crippen LogP contribution >= 0.6 is 0 Å². The second kappa shape index (κ2) is 1.43. The highest BCUT2D eigenvalue weighted by molar-refractivity contribution is 4.99. The van der Waals surface area contributed by atoms with E-state index in [2.05, 4.69) is 24.4 Å². The van der Waals surface area contributed by atoms with Crippen LogP contribution in [0.15, 0.2) is 12.2 Å². The Morgan fingerprint density at radius 1 is 1.83 bits per heavy atom. The van der Waals surface area contributed by atoms with Crippen LogP contribution in [0.5, 0.6) is 0 Å². The highest BCUT2D eigenvalue weighted by Gasteiger charge is 1.96. The standard InChI is InChI=1S/C5H9N/c1-5-3-2-4-6-5/h2-3,5-6H,4H2,1H3/t5-/m0/s1. The number of nitrogens with one attached hydrogen (secondary N) is 1. The van der Waals surface area contributed by atoms with Gasteiger partial charge in [-0.3, -0.25) is 0 Å². The van der Waals surface area contributed by atoms with Gasteiger partial charge in [0.05, 0.1) is 0 Å². The van der Waals surface area contributed by atoms with E-state index in [1.165, 1.54) is 0 Å². The maximum absolute atomic E-state index is 3.21. The molecule has 1 rings (SSSR count). The van der Waals surface area contributed by atoms with Crippen LogP contribution in [0.25, 0.3) is 0 Å². The maximum Gasteiger partial charge on any atom is 0.0225 e. The third kappa shape index (κ3) is 0.601. The summed E-state index contributed by atoms with van der Waals surface area (Å²) in [4.78, 5) is 0. The molecule has 1 aliphatic rings. The van der Waals surface area contributed by atoms with Crippen molar-refractivity contribution in [2.24, 2.45) is 0 Å². The second-order valence-corrected chi connectivity index (χ2v) is 1.63. The first kappa shape index (κ1) is 3.88. The van der Waals surface area contributed by atoms with Crippen molar-refractivity contribution in [3.8, 4) is 0 Å². The first-order valence-corrected chi connectivity index (χ1v) is 2.29. The minimum atomic E-state index is 0.616. The fourth-order valence-electron chi connectivity index (χ4n) is 0.594. The summed E-state index contributed by atoms with van der Waals surface area (Å²) >= 11 is 0. The lowest BCUT2D eigenvalue weighted by molar-refractivity contribution is 0.726. The predicted octanol–water partition coefficient (Wildman–Crippen LogP) is 0.534. The molecule has 1 heterocycles. The molecule has 0 saturated heterocycles. The zero-order valence-corrected chi connectivity index (χ0v) is 3.94. The predicted molar refractivity (Wildman–Crippen MR) is 26.6 cm³/mol. The molecule has 1 aliphatic heterocycles. The zero-order valence-electron chi connectivity index (χ0n) is 3.94. The van der Waals surface area contributed by atoms with E-state index >= 15 is 0 Å². The van der Waals surface area contributed by atoms with Crippen LogP contribution < -0.4 is 5.32 Å². The molecule has 1 N–H and O–H groups in total. The molecular weight excluding hydrogens is 74.1 g/mol. The summed E-state index contributed by atoms with van der Waals surface area (Å²) in [7, 11) is 0. The van der Waals surface area contributed by atoms with Crippen molar-refractivity contribution in [2.45, 2.75) is 13.0 Å². The zero-order chi connectivity index (χ0) is 4.41. The summed E-state index contributed by atoms with van der Waals surface area (Å²) in [5.74, 6) is 0. The third-order valence-corrected chi connectivity index (χ3v) is 0.982. The Balaban J connectivity index is 2.38. The average Bonchev–Trinajstić information content (AvgIpc) is 1.86. The lowest BCUT2D eigenvalue weighted by Gasteiger charge is -1.94. The Hall–Kier alpha value is -0.300. The fraction of sp³-hybridized carbons (Fsp3) is 0.600. The summed E-state index contributed by atoms with van der Waals surface area (Å²) < 4.78 is 0. The van der Waals surface area contributed by atoms with Crippen molar-refractivity contribution >= 4 is 0 Å². The van der Waals surface area contributed by atoms with E-state index in [0.29, 0.717) is 6.04 Å². The Kier molecular flexibility index (Phi) is 0.926. The first-order chi connectivity index (χ1) is 2.89. The van der Waals surface area contributed by atoms with E-state index < -0.39 is 0 Å². The minimum Gasteiger partial charge on any atom is -0.307 e. The molecule has 0 amide bonds. The second-order valence-electron chi connectivity index (χ2n) is 1.63. The Bertz CT molecular complexity index is 66.3. The molecule has 0 saturated carbocycles. The van der Waals surface area contributed by atoms with Gasteiger partial charge in [0.2, 0.25) is 0 Å². The summed E-state index contributed by atoms with van der Waals surface area (Å²) in [5, 5.41) is 3.21. The van der Waals surface area contributed by atoms with E-state index in [0.717, 1.165) is 6.54 Å². The van der Waals surface area contributed by atoms with Crippen molar-refractivity contribution in [3.63, 3.8) is 0 Å². The number of hydrogen-bond acceptors (Lipinski definition) is 1. The lowest BCUT2D eigenvalue weighted by Crippen LogP contribution is -2.17. The third-order valence-electron chi connectivity index (χ3n) is 0.982. The van der Waals surface area contributed by atoms with Gasteiger partial charge in [0.15, 0.2) is 0 Å². The van der Waals surface area contributed by atoms with Gasteiger partial charge in [-0.25, -0.2) is 0 Å². The first-order valence-electron chi connectivity index (χ1n) is 2.29. The van der Waals surface area contributed by atoms with E-state index in [9.17, 15) is 0 Å². The number of hydrogen-bond donors (Lipinski definition) is 1. The molecule has 0 spiro atoms. The largest absolute Gasteiger partial charge is 0.307 e. The molecule has 1 nitrogen and oxygen atoms in total. The van der Waals surface area contributed by atoms with Crippen LogP contribution in [-0.4, -0.2) is 12.6 Å². The van der Waals surface area contributed by atoms with Crippen LogP contribution in [0.3, 0.4) is 0 Å². The molecule has 0 aliphatic carbocycles. The summed E-state index contributed by atoms with van der Waals surface area (Å²) in [5.41, 5.74) is 0. The van der Waals surface area contributed by atoms with Gasteiger partial charge in [-0.2, -0.15) is 0 Å². The average molecular weight is 83.1 g/mol. The molecule has 1 atom stereocenters. The van der Waals surface area contributed by atoms with Crippen LogP contribution in [-0.2, 0) is 0 Å². The normalized spacial score (nSPS) is 31.8. The van der Waals surface area contributed by atoms with Gasteiger partial charge < -0.3 is 5.32 Å². The van der Waals surface area contributed by atoms with Crippen LogP contribution in [0.2, 0.25) is 0 Å². The molecule has 0 aromatic heterocycles. The van der Waals surface area contributed by atoms with Gasteiger partial charge in [0.25, 0.3) is 0 Å². The van der Waals surface area contributed by atoms with Gasteiger partial charge in [-0.05, 0) is 6.92 Å². The van der Waals surface area contributed by atoms with Gasteiger partial charge in [0.1, 0.15) is 0 Å². The van der Waals surface area contributed by atoms with E-state index in [1.54, 1.807) is 0 Å². The fourth-order valence-corrected chi connectivity index (χ4v) is 0.594. The van der Waals surface area contributed by atoms with E-state index in [1.807, 2.05) is 0 Å². The van der Waals surface area contributed by atoms with E-state index in [-0.39, 0.29) is 0 Å². The highest BCUT2D eigenvalue weighted by atomic mass is 14.9. The summed E-state index contributed by atoms with van der Waals surface area (Å²) in [6.07, 6.45) is 4.31. The Labute approximate surface area is 38.1 Å². The smallest absolute Gasteiger partial charge is 0.0225 e. The topological polar surface area (TPSA) is 12.0 Å². The van der Waals surface area contributed by atoms with Crippen molar-refractivity contribution in [3.05, 3.63) is 12.2 Å². The molecule has 34 valence electrons. The van der Waals surface area contributed by atoms with Crippen molar-refractivity contribution in [1.29, 1.82) is 0 Å². The quantitative estimate of drug-likeness (QED) is 0.421. The SMILES string of the molecule is C[C@H]1C=CCN1. The van der Waals surface area contributed by atoms with E-state index in [4.69, 9.17) is 0 Å². The molecule has 0 bridgehead atoms. The highest BCUT2D eigenvalue weighted by Crippen LogP contribution is 1.89. The van der Waals surface area contributed by atoms with Crippen LogP contribution in [0, 0.1) is 0 Å². The molecule has 0 aromatic rings. The summed E-state index contributed by atoms with van der Waals surface area (Å²) in [6, 6.07) is 0.616. The summed E-state index contributed by atoms with van der Waals surface area (Å²) in [6.45, 7) is 3.20. The molecule has 0 fully saturated rings. The van der Waals surface area contributed by atoms with Crippen molar-refractivity contribution in [1.82, 2.24) is 5.32 Å². The molecule has 1 heteroatoms. The monoisotopic (exact) mass is 83.1 g/mol. The molecule has 0 unspecified atom stereocenters. The minimum absolute atomic E-state index is 0.616. The molecule has 6 heavy (non-hydrogen) atoms. The Morgan fingerprint density at radius 3 is 2.83 bits per heavy atom. The van der Waals surface area contributed by atoms with Crippen LogP contribution in [0.4, 0.5) is 0 Å². The van der Waals surface area contributed by atoms with Gasteiger partial charge in [-0.15, -0.1) is 0 Å². The Morgan fingerprint density at radius 2 is 2.67 bits per heavy atom. The van der Waals surface area contributed by atoms with Crippen molar-refractivity contribution in [2.75, 3.05) is 6.54 Å². The molecular formula is C5H9N. The maximum atomic E-state index is 3.21. The van der Waals surface area contributed by atoms with Crippen LogP contribution in [0.1, 0.15) is 6.92 Å². The molecule has 0 aromatic carbocycles. The van der Waals surface area contributed by atoms with Crippen molar-refractivity contribution < 1.29 is 0 Å². The number of rotatable bonds is 0. The van der Waals surface area contributed by atoms with Gasteiger partial charge >= 0.3 is 0 Å².